The molecule has 0 aliphatic heterocycles. The number of aryl methyl sites for hydroxylation is 2. The average molecular weight is 270 g/mol. The predicted molar refractivity (Wildman–Crippen MR) is 81.4 cm³/mol. The van der Waals surface area contributed by atoms with Gasteiger partial charge in [0.2, 0.25) is 0 Å². The first-order chi connectivity index (χ1) is 9.69. The summed E-state index contributed by atoms with van der Waals surface area (Å²) in [7, 11) is 0. The average Bonchev–Trinajstić information content (AvgIpc) is 2.43. The van der Waals surface area contributed by atoms with Gasteiger partial charge in [0, 0.05) is 32.0 Å². The Bertz CT molecular complexity index is 540. The number of aromatic nitrogens is 1. The molecule has 0 spiro atoms. The van der Waals surface area contributed by atoms with Crippen molar-refractivity contribution in [1.82, 2.24) is 9.88 Å². The number of pyridine rings is 1. The first kappa shape index (κ1) is 14.7. The second-order valence-corrected chi connectivity index (χ2v) is 5.23. The second-order valence-electron chi connectivity index (χ2n) is 5.23. The van der Waals surface area contributed by atoms with E-state index in [1.807, 2.05) is 12.3 Å². The number of aliphatic hydroxyl groups excluding tert-OH is 1. The molecule has 0 saturated carbocycles. The molecular weight excluding hydrogens is 248 g/mol. The monoisotopic (exact) mass is 270 g/mol. The summed E-state index contributed by atoms with van der Waals surface area (Å²) in [4.78, 5) is 6.39. The van der Waals surface area contributed by atoms with Crippen molar-refractivity contribution in [2.24, 2.45) is 0 Å². The van der Waals surface area contributed by atoms with Crippen molar-refractivity contribution in [2.45, 2.75) is 26.9 Å². The van der Waals surface area contributed by atoms with Gasteiger partial charge in [-0.1, -0.05) is 29.8 Å². The molecule has 0 aliphatic rings. The van der Waals surface area contributed by atoms with Gasteiger partial charge in [-0.15, -0.1) is 0 Å². The van der Waals surface area contributed by atoms with E-state index in [9.17, 15) is 5.11 Å². The SMILES string of the molecule is Cc1ccc(CN(CCO)Cc2cccnc2)c(C)c1. The molecule has 0 aliphatic carbocycles. The summed E-state index contributed by atoms with van der Waals surface area (Å²) in [6.45, 7) is 6.75. The summed E-state index contributed by atoms with van der Waals surface area (Å²) in [5.41, 5.74) is 5.07. The molecule has 1 aromatic carbocycles. The Morgan fingerprint density at radius 3 is 2.65 bits per heavy atom. The third-order valence-electron chi connectivity index (χ3n) is 3.44. The third kappa shape index (κ3) is 4.15. The maximum atomic E-state index is 9.25. The summed E-state index contributed by atoms with van der Waals surface area (Å²) in [6, 6.07) is 10.5. The lowest BCUT2D eigenvalue weighted by Crippen LogP contribution is -2.26. The van der Waals surface area contributed by atoms with E-state index in [1.165, 1.54) is 22.3 Å². The van der Waals surface area contributed by atoms with Crippen LogP contribution in [0.5, 0.6) is 0 Å². The number of hydrogen-bond acceptors (Lipinski definition) is 3. The van der Waals surface area contributed by atoms with Crippen molar-refractivity contribution in [3.8, 4) is 0 Å². The van der Waals surface area contributed by atoms with Crippen molar-refractivity contribution >= 4 is 0 Å². The predicted octanol–water partition coefficient (Wildman–Crippen LogP) is 2.69. The van der Waals surface area contributed by atoms with E-state index in [0.29, 0.717) is 6.54 Å². The fourth-order valence-electron chi connectivity index (χ4n) is 2.37. The minimum Gasteiger partial charge on any atom is -0.395 e. The molecule has 106 valence electrons. The minimum absolute atomic E-state index is 0.172. The molecule has 3 heteroatoms. The van der Waals surface area contributed by atoms with Crippen LogP contribution in [0.4, 0.5) is 0 Å². The lowest BCUT2D eigenvalue weighted by Gasteiger charge is -2.22. The standard InChI is InChI=1S/C17H22N2O/c1-14-5-6-17(15(2)10-14)13-19(8-9-20)12-16-4-3-7-18-11-16/h3-7,10-11,20H,8-9,12-13H2,1-2H3. The van der Waals surface area contributed by atoms with Crippen LogP contribution in [0.2, 0.25) is 0 Å². The maximum absolute atomic E-state index is 9.25. The fourth-order valence-corrected chi connectivity index (χ4v) is 2.37. The fraction of sp³-hybridized carbons (Fsp3) is 0.353. The molecule has 2 aromatic rings. The van der Waals surface area contributed by atoms with E-state index in [-0.39, 0.29) is 6.61 Å². The van der Waals surface area contributed by atoms with Gasteiger partial charge in [-0.3, -0.25) is 9.88 Å². The molecule has 1 aromatic heterocycles. The van der Waals surface area contributed by atoms with Gasteiger partial charge in [-0.25, -0.2) is 0 Å². The molecule has 1 N–H and O–H groups in total. The van der Waals surface area contributed by atoms with Crippen LogP contribution < -0.4 is 0 Å². The number of rotatable bonds is 6. The summed E-state index contributed by atoms with van der Waals surface area (Å²) >= 11 is 0. The molecule has 2 rings (SSSR count). The highest BCUT2D eigenvalue weighted by molar-refractivity contribution is 5.30. The quantitative estimate of drug-likeness (QED) is 0.876. The van der Waals surface area contributed by atoms with Crippen LogP contribution in [0, 0.1) is 13.8 Å². The molecule has 0 fully saturated rings. The molecule has 0 saturated heterocycles. The Morgan fingerprint density at radius 1 is 1.15 bits per heavy atom. The molecular formula is C17H22N2O. The lowest BCUT2D eigenvalue weighted by molar-refractivity contribution is 0.184. The molecule has 0 radical (unpaired) electrons. The zero-order valence-corrected chi connectivity index (χ0v) is 12.2. The van der Waals surface area contributed by atoms with E-state index in [0.717, 1.165) is 13.1 Å². The summed E-state index contributed by atoms with van der Waals surface area (Å²) in [6.07, 6.45) is 3.66. The molecule has 3 nitrogen and oxygen atoms in total. The maximum Gasteiger partial charge on any atom is 0.0558 e. The van der Waals surface area contributed by atoms with E-state index >= 15 is 0 Å². The highest BCUT2D eigenvalue weighted by Gasteiger charge is 2.08. The number of nitrogens with zero attached hydrogens (tertiary/aromatic N) is 2. The van der Waals surface area contributed by atoms with Gasteiger partial charge in [0.1, 0.15) is 0 Å². The van der Waals surface area contributed by atoms with Crippen LogP contribution in [0.15, 0.2) is 42.7 Å². The summed E-state index contributed by atoms with van der Waals surface area (Å²) in [5, 5.41) is 9.25. The van der Waals surface area contributed by atoms with Gasteiger partial charge < -0.3 is 5.11 Å². The van der Waals surface area contributed by atoms with Gasteiger partial charge in [-0.2, -0.15) is 0 Å². The molecule has 20 heavy (non-hydrogen) atoms. The van der Waals surface area contributed by atoms with Gasteiger partial charge in [0.25, 0.3) is 0 Å². The number of hydrogen-bond donors (Lipinski definition) is 1. The van der Waals surface area contributed by atoms with Gasteiger partial charge >= 0.3 is 0 Å². The number of aliphatic hydroxyl groups is 1. The van der Waals surface area contributed by atoms with E-state index in [2.05, 4.69) is 48.0 Å². The Balaban J connectivity index is 2.09. The highest BCUT2D eigenvalue weighted by atomic mass is 16.3. The van der Waals surface area contributed by atoms with Crippen molar-refractivity contribution in [3.05, 3.63) is 65.0 Å². The van der Waals surface area contributed by atoms with Gasteiger partial charge in [0.15, 0.2) is 0 Å². The smallest absolute Gasteiger partial charge is 0.0558 e. The normalized spacial score (nSPS) is 11.0. The van der Waals surface area contributed by atoms with Crippen LogP contribution in [-0.4, -0.2) is 28.1 Å². The van der Waals surface area contributed by atoms with E-state index in [1.54, 1.807) is 6.20 Å². The Kier molecular flexibility index (Phi) is 5.27. The summed E-state index contributed by atoms with van der Waals surface area (Å²) < 4.78 is 0. The zero-order chi connectivity index (χ0) is 14.4. The second kappa shape index (κ2) is 7.17. The van der Waals surface area contributed by atoms with Crippen molar-refractivity contribution in [2.75, 3.05) is 13.2 Å². The molecule has 1 heterocycles. The lowest BCUT2D eigenvalue weighted by atomic mass is 10.1. The molecule has 0 atom stereocenters. The molecule has 0 unspecified atom stereocenters. The van der Waals surface area contributed by atoms with Crippen LogP contribution in [0.3, 0.4) is 0 Å². The Morgan fingerprint density at radius 2 is 2.00 bits per heavy atom. The van der Waals surface area contributed by atoms with Crippen molar-refractivity contribution < 1.29 is 5.11 Å². The molecule has 0 bridgehead atoms. The first-order valence-electron chi connectivity index (χ1n) is 6.97. The zero-order valence-electron chi connectivity index (χ0n) is 12.2. The van der Waals surface area contributed by atoms with Crippen LogP contribution >= 0.6 is 0 Å². The highest BCUT2D eigenvalue weighted by Crippen LogP contribution is 2.14. The Hall–Kier alpha value is -1.71. The molecule has 0 amide bonds. The van der Waals surface area contributed by atoms with Crippen LogP contribution in [0.25, 0.3) is 0 Å². The van der Waals surface area contributed by atoms with Gasteiger partial charge in [0.05, 0.1) is 6.61 Å². The largest absolute Gasteiger partial charge is 0.395 e. The van der Waals surface area contributed by atoms with Crippen LogP contribution in [-0.2, 0) is 13.1 Å². The topological polar surface area (TPSA) is 36.4 Å². The first-order valence-corrected chi connectivity index (χ1v) is 6.97. The van der Waals surface area contributed by atoms with Crippen molar-refractivity contribution in [1.29, 1.82) is 0 Å². The van der Waals surface area contributed by atoms with Gasteiger partial charge in [-0.05, 0) is 36.6 Å². The summed E-state index contributed by atoms with van der Waals surface area (Å²) in [5.74, 6) is 0. The third-order valence-corrected chi connectivity index (χ3v) is 3.44. The van der Waals surface area contributed by atoms with Crippen molar-refractivity contribution in [3.63, 3.8) is 0 Å². The van der Waals surface area contributed by atoms with E-state index in [4.69, 9.17) is 0 Å². The Labute approximate surface area is 120 Å². The minimum atomic E-state index is 0.172. The van der Waals surface area contributed by atoms with Crippen LogP contribution in [0.1, 0.15) is 22.3 Å². The van der Waals surface area contributed by atoms with E-state index < -0.39 is 0 Å². The number of benzene rings is 1.